The molecule has 3 aliphatic rings. The van der Waals surface area contributed by atoms with Crippen molar-refractivity contribution in [2.45, 2.75) is 26.0 Å². The highest BCUT2D eigenvalue weighted by Crippen LogP contribution is 2.15. The van der Waals surface area contributed by atoms with Crippen LogP contribution < -0.4 is 15.4 Å². The van der Waals surface area contributed by atoms with Gasteiger partial charge in [-0.2, -0.15) is 0 Å². The zero-order chi connectivity index (χ0) is 18.4. The Hall–Kier alpha value is -1.86. The number of nitrogens with one attached hydrogen (secondary N) is 2. The third-order valence-electron chi connectivity index (χ3n) is 4.88. The number of ether oxygens (including phenoxy) is 1. The first-order chi connectivity index (χ1) is 12.6. The summed E-state index contributed by atoms with van der Waals surface area (Å²) in [6.07, 6.45) is -0.132. The minimum atomic E-state index is -0.291. The van der Waals surface area contributed by atoms with Crippen molar-refractivity contribution in [3.63, 3.8) is 0 Å². The van der Waals surface area contributed by atoms with Gasteiger partial charge in [0, 0.05) is 57.9 Å². The molecule has 0 radical (unpaired) electrons. The van der Waals surface area contributed by atoms with Gasteiger partial charge in [-0.1, -0.05) is 6.07 Å². The van der Waals surface area contributed by atoms with Crippen molar-refractivity contribution in [1.82, 2.24) is 20.4 Å². The average Bonchev–Trinajstić information content (AvgIpc) is 2.65. The topological polar surface area (TPSA) is 52.1 Å². The smallest absolute Gasteiger partial charge is 0.191 e. The van der Waals surface area contributed by atoms with Crippen LogP contribution in [0.1, 0.15) is 13.8 Å². The van der Waals surface area contributed by atoms with Crippen LogP contribution in [0.25, 0.3) is 0 Å². The second-order valence-corrected chi connectivity index (χ2v) is 6.98. The Bertz CT molecular complexity index is 603. The second-order valence-electron chi connectivity index (χ2n) is 6.98. The summed E-state index contributed by atoms with van der Waals surface area (Å²) in [5.74, 6) is 1.05. The van der Waals surface area contributed by atoms with Gasteiger partial charge < -0.3 is 15.4 Å². The van der Waals surface area contributed by atoms with E-state index in [4.69, 9.17) is 4.74 Å². The Balaban J connectivity index is 1.48. The fourth-order valence-corrected chi connectivity index (χ4v) is 3.50. The summed E-state index contributed by atoms with van der Waals surface area (Å²) in [6.45, 7) is 12.1. The first-order valence-electron chi connectivity index (χ1n) is 9.55. The Morgan fingerprint density at radius 1 is 1.31 bits per heavy atom. The third kappa shape index (κ3) is 5.32. The molecule has 1 aromatic carbocycles. The normalized spacial score (nSPS) is 26.4. The summed E-state index contributed by atoms with van der Waals surface area (Å²) < 4.78 is 19.0. The third-order valence-corrected chi connectivity index (χ3v) is 4.88. The van der Waals surface area contributed by atoms with Crippen molar-refractivity contribution in [1.29, 1.82) is 0 Å². The number of guanidine groups is 1. The highest BCUT2D eigenvalue weighted by molar-refractivity contribution is 5.79. The number of rotatable bonds is 7. The molecule has 0 aromatic heterocycles. The van der Waals surface area contributed by atoms with Crippen LogP contribution in [-0.2, 0) is 0 Å². The lowest BCUT2D eigenvalue weighted by Gasteiger charge is -2.47. The SMILES string of the molecule is CCNC(=NCC(C)Oc1cccc(F)c1)NCC1CN2CCN1CC2. The van der Waals surface area contributed by atoms with Crippen molar-refractivity contribution in [3.8, 4) is 5.75 Å². The minimum absolute atomic E-state index is 0.132. The van der Waals surface area contributed by atoms with Crippen molar-refractivity contribution < 1.29 is 9.13 Å². The lowest BCUT2D eigenvalue weighted by Crippen LogP contribution is -2.63. The number of nitrogens with zero attached hydrogens (tertiary/aromatic N) is 3. The van der Waals surface area contributed by atoms with Gasteiger partial charge in [0.1, 0.15) is 17.7 Å². The van der Waals surface area contributed by atoms with Gasteiger partial charge >= 0.3 is 0 Å². The maximum atomic E-state index is 13.2. The number of fused-ring (bicyclic) bond motifs is 3. The van der Waals surface area contributed by atoms with Crippen LogP contribution >= 0.6 is 0 Å². The van der Waals surface area contributed by atoms with E-state index in [1.165, 1.54) is 38.3 Å². The van der Waals surface area contributed by atoms with Gasteiger partial charge in [-0.3, -0.25) is 9.80 Å². The van der Waals surface area contributed by atoms with Crippen LogP contribution in [0.2, 0.25) is 0 Å². The molecule has 3 heterocycles. The van der Waals surface area contributed by atoms with E-state index in [9.17, 15) is 4.39 Å². The summed E-state index contributed by atoms with van der Waals surface area (Å²) in [4.78, 5) is 9.72. The summed E-state index contributed by atoms with van der Waals surface area (Å²) in [6, 6.07) is 6.76. The second kappa shape index (κ2) is 9.19. The fourth-order valence-electron chi connectivity index (χ4n) is 3.50. The summed E-state index contributed by atoms with van der Waals surface area (Å²) >= 11 is 0. The van der Waals surface area contributed by atoms with E-state index in [0.717, 1.165) is 25.6 Å². The van der Waals surface area contributed by atoms with E-state index < -0.39 is 0 Å². The van der Waals surface area contributed by atoms with Gasteiger partial charge in [0.2, 0.25) is 0 Å². The molecule has 7 heteroatoms. The minimum Gasteiger partial charge on any atom is -0.489 e. The van der Waals surface area contributed by atoms with Crippen LogP contribution in [0.5, 0.6) is 5.75 Å². The van der Waals surface area contributed by atoms with Crippen LogP contribution in [0, 0.1) is 5.82 Å². The van der Waals surface area contributed by atoms with Crippen molar-refractivity contribution in [2.24, 2.45) is 4.99 Å². The lowest BCUT2D eigenvalue weighted by molar-refractivity contribution is 0.0154. The van der Waals surface area contributed by atoms with Gasteiger partial charge in [-0.05, 0) is 26.0 Å². The van der Waals surface area contributed by atoms with Crippen molar-refractivity contribution >= 4 is 5.96 Å². The zero-order valence-corrected chi connectivity index (χ0v) is 15.7. The van der Waals surface area contributed by atoms with E-state index in [0.29, 0.717) is 18.3 Å². The molecule has 4 rings (SSSR count). The Morgan fingerprint density at radius 2 is 2.12 bits per heavy atom. The lowest BCUT2D eigenvalue weighted by atomic mass is 10.1. The maximum absolute atomic E-state index is 13.2. The largest absolute Gasteiger partial charge is 0.489 e. The number of aliphatic imine (C=N–C) groups is 1. The molecule has 0 spiro atoms. The molecule has 0 saturated carbocycles. The molecular weight excluding hydrogens is 333 g/mol. The molecule has 3 fully saturated rings. The van der Waals surface area contributed by atoms with E-state index in [2.05, 4.69) is 32.3 Å². The standard InChI is InChI=1S/C19H30FN5O/c1-3-21-19(23-13-17-14-24-7-9-25(17)10-8-24)22-12-15(2)26-18-6-4-5-16(20)11-18/h4-6,11,15,17H,3,7-10,12-14H2,1-2H3,(H2,21,22,23). The molecule has 2 N–H and O–H groups in total. The van der Waals surface area contributed by atoms with Crippen molar-refractivity contribution in [2.75, 3.05) is 52.4 Å². The summed E-state index contributed by atoms with van der Waals surface area (Å²) in [5, 5.41) is 6.74. The molecule has 3 aliphatic heterocycles. The highest BCUT2D eigenvalue weighted by atomic mass is 19.1. The van der Waals surface area contributed by atoms with Gasteiger partial charge in [0.15, 0.2) is 5.96 Å². The molecular formula is C19H30FN5O. The molecule has 0 aliphatic carbocycles. The van der Waals surface area contributed by atoms with E-state index in [1.54, 1.807) is 12.1 Å². The number of piperazine rings is 3. The zero-order valence-electron chi connectivity index (χ0n) is 15.7. The number of hydrogen-bond acceptors (Lipinski definition) is 4. The van der Waals surface area contributed by atoms with E-state index in [-0.39, 0.29) is 11.9 Å². The fraction of sp³-hybridized carbons (Fsp3) is 0.632. The molecule has 2 atom stereocenters. The van der Waals surface area contributed by atoms with Gasteiger partial charge in [0.25, 0.3) is 0 Å². The van der Waals surface area contributed by atoms with Crippen LogP contribution in [0.3, 0.4) is 0 Å². The Labute approximate surface area is 155 Å². The maximum Gasteiger partial charge on any atom is 0.191 e. The molecule has 2 bridgehead atoms. The van der Waals surface area contributed by atoms with E-state index >= 15 is 0 Å². The quantitative estimate of drug-likeness (QED) is 0.562. The van der Waals surface area contributed by atoms with Crippen LogP contribution in [0.4, 0.5) is 4.39 Å². The number of hydrogen-bond donors (Lipinski definition) is 2. The molecule has 0 amide bonds. The van der Waals surface area contributed by atoms with Gasteiger partial charge in [0.05, 0.1) is 6.54 Å². The molecule has 1 aromatic rings. The summed E-state index contributed by atoms with van der Waals surface area (Å²) in [5.41, 5.74) is 0. The van der Waals surface area contributed by atoms with Crippen LogP contribution in [-0.4, -0.2) is 80.3 Å². The van der Waals surface area contributed by atoms with Crippen molar-refractivity contribution in [3.05, 3.63) is 30.1 Å². The monoisotopic (exact) mass is 363 g/mol. The first kappa shape index (κ1) is 18.9. The molecule has 26 heavy (non-hydrogen) atoms. The number of halogens is 1. The van der Waals surface area contributed by atoms with Gasteiger partial charge in [-0.15, -0.1) is 0 Å². The first-order valence-corrected chi connectivity index (χ1v) is 9.55. The molecule has 6 nitrogen and oxygen atoms in total. The Kier molecular flexibility index (Phi) is 6.68. The Morgan fingerprint density at radius 3 is 2.77 bits per heavy atom. The predicted octanol–water partition coefficient (Wildman–Crippen LogP) is 1.15. The van der Waals surface area contributed by atoms with Crippen LogP contribution in [0.15, 0.2) is 29.3 Å². The number of benzene rings is 1. The highest BCUT2D eigenvalue weighted by Gasteiger charge is 2.31. The molecule has 3 saturated heterocycles. The summed E-state index contributed by atoms with van der Waals surface area (Å²) in [7, 11) is 0. The molecule has 2 unspecified atom stereocenters. The van der Waals surface area contributed by atoms with Gasteiger partial charge in [-0.25, -0.2) is 9.38 Å². The van der Waals surface area contributed by atoms with E-state index in [1.807, 2.05) is 6.92 Å². The average molecular weight is 363 g/mol. The molecule has 144 valence electrons. The predicted molar refractivity (Wildman–Crippen MR) is 102 cm³/mol.